The molecule has 7 heteroatoms. The van der Waals surface area contributed by atoms with E-state index in [0.717, 1.165) is 31.9 Å². The van der Waals surface area contributed by atoms with Crippen LogP contribution in [0.1, 0.15) is 17.3 Å². The lowest BCUT2D eigenvalue weighted by Crippen LogP contribution is -2.46. The topological polar surface area (TPSA) is 58.7 Å². The molecule has 1 aromatic heterocycles. The zero-order chi connectivity index (χ0) is 21.1. The largest absolute Gasteiger partial charge is 0.420 e. The molecule has 1 aliphatic rings. The lowest BCUT2D eigenvalue weighted by molar-refractivity contribution is 0.101. The Hall–Kier alpha value is -3.37. The van der Waals surface area contributed by atoms with Gasteiger partial charge in [-0.2, -0.15) is 0 Å². The Labute approximate surface area is 173 Å². The molecule has 0 bridgehead atoms. The Bertz CT molecular complexity index is 1180. The van der Waals surface area contributed by atoms with Crippen molar-refractivity contribution in [1.82, 2.24) is 9.47 Å². The highest BCUT2D eigenvalue weighted by atomic mass is 19.1. The van der Waals surface area contributed by atoms with E-state index in [4.69, 9.17) is 4.42 Å². The van der Waals surface area contributed by atoms with Crippen LogP contribution in [-0.4, -0.2) is 48.0 Å². The maximum absolute atomic E-state index is 13.1. The van der Waals surface area contributed by atoms with Crippen molar-refractivity contribution >= 4 is 22.6 Å². The van der Waals surface area contributed by atoms with Crippen LogP contribution < -0.4 is 10.7 Å². The number of fused-ring (bicyclic) bond motifs is 1. The molecule has 154 valence electrons. The van der Waals surface area contributed by atoms with E-state index in [0.29, 0.717) is 23.2 Å². The molecular formula is C23H22FN3O3. The van der Waals surface area contributed by atoms with Crippen LogP contribution in [0.15, 0.2) is 51.7 Å². The number of hydrogen-bond donors (Lipinski definition) is 0. The Morgan fingerprint density at radius 3 is 2.43 bits per heavy atom. The molecule has 0 spiro atoms. The fourth-order valence-electron chi connectivity index (χ4n) is 3.55. The number of piperazine rings is 1. The Morgan fingerprint density at radius 2 is 1.73 bits per heavy atom. The minimum Gasteiger partial charge on any atom is -0.408 e. The monoisotopic (exact) mass is 407 g/mol. The second-order valence-corrected chi connectivity index (χ2v) is 7.29. The quantitative estimate of drug-likeness (QED) is 0.492. The van der Waals surface area contributed by atoms with Crippen molar-refractivity contribution in [2.45, 2.75) is 13.5 Å². The molecule has 4 rings (SSSR count). The average Bonchev–Trinajstić information content (AvgIpc) is 3.06. The molecular weight excluding hydrogens is 385 g/mol. The highest BCUT2D eigenvalue weighted by Gasteiger charge is 2.16. The number of anilines is 1. The number of oxazole rings is 1. The van der Waals surface area contributed by atoms with E-state index < -0.39 is 5.76 Å². The highest BCUT2D eigenvalue weighted by Crippen LogP contribution is 2.17. The van der Waals surface area contributed by atoms with Gasteiger partial charge in [0, 0.05) is 37.4 Å². The lowest BCUT2D eigenvalue weighted by Gasteiger charge is -2.35. The summed E-state index contributed by atoms with van der Waals surface area (Å²) in [5, 5.41) is 0. The summed E-state index contributed by atoms with van der Waals surface area (Å²) < 4.78 is 19.8. The summed E-state index contributed by atoms with van der Waals surface area (Å²) in [5.41, 5.74) is 2.56. The van der Waals surface area contributed by atoms with Gasteiger partial charge < -0.3 is 9.32 Å². The van der Waals surface area contributed by atoms with Gasteiger partial charge in [0.05, 0.1) is 18.6 Å². The van der Waals surface area contributed by atoms with E-state index >= 15 is 0 Å². The first-order valence-electron chi connectivity index (χ1n) is 9.84. The summed E-state index contributed by atoms with van der Waals surface area (Å²) in [4.78, 5) is 28.1. The summed E-state index contributed by atoms with van der Waals surface area (Å²) in [5.74, 6) is 5.39. The summed E-state index contributed by atoms with van der Waals surface area (Å²) in [6, 6.07) is 11.6. The first-order chi connectivity index (χ1) is 14.5. The molecule has 2 aromatic carbocycles. The number of carbonyl (C=O) groups excluding carboxylic acids is 1. The Morgan fingerprint density at radius 1 is 1.03 bits per heavy atom. The molecule has 30 heavy (non-hydrogen) atoms. The van der Waals surface area contributed by atoms with Crippen LogP contribution >= 0.6 is 0 Å². The zero-order valence-corrected chi connectivity index (χ0v) is 16.7. The van der Waals surface area contributed by atoms with Crippen LogP contribution in [0.5, 0.6) is 0 Å². The van der Waals surface area contributed by atoms with E-state index in [2.05, 4.69) is 21.6 Å². The summed E-state index contributed by atoms with van der Waals surface area (Å²) >= 11 is 0. The van der Waals surface area contributed by atoms with Crippen molar-refractivity contribution in [3.8, 4) is 11.8 Å². The van der Waals surface area contributed by atoms with Crippen LogP contribution in [0.4, 0.5) is 10.1 Å². The molecule has 0 atom stereocenters. The standard InChI is InChI=1S/C23H22FN3O3/c1-17(28)18-4-9-21-22(16-18)30-23(29)27(21)11-3-2-10-25-12-14-26(15-13-25)20-7-5-19(24)6-8-20/h4-9,16H,10-15H2,1H3. The fraction of sp³-hybridized carbons (Fsp3) is 0.304. The van der Waals surface area contributed by atoms with E-state index in [1.165, 1.54) is 23.6 Å². The van der Waals surface area contributed by atoms with Gasteiger partial charge in [-0.15, -0.1) is 0 Å². The molecule has 2 heterocycles. The number of nitrogens with zero attached hydrogens (tertiary/aromatic N) is 3. The second kappa shape index (κ2) is 8.56. The summed E-state index contributed by atoms with van der Waals surface area (Å²) in [7, 11) is 0. The van der Waals surface area contributed by atoms with Crippen molar-refractivity contribution in [1.29, 1.82) is 0 Å². The predicted molar refractivity (Wildman–Crippen MR) is 113 cm³/mol. The molecule has 1 saturated heterocycles. The predicted octanol–water partition coefficient (Wildman–Crippen LogP) is 2.76. The minimum atomic E-state index is -0.479. The smallest absolute Gasteiger partial charge is 0.408 e. The number of rotatable bonds is 4. The Balaban J connectivity index is 1.34. The van der Waals surface area contributed by atoms with Crippen molar-refractivity contribution in [2.75, 3.05) is 37.6 Å². The third-order valence-corrected chi connectivity index (χ3v) is 5.30. The highest BCUT2D eigenvalue weighted by molar-refractivity contribution is 5.96. The molecule has 0 amide bonds. The van der Waals surface area contributed by atoms with Crippen LogP contribution in [0.25, 0.3) is 11.1 Å². The molecule has 0 saturated carbocycles. The molecule has 0 N–H and O–H groups in total. The average molecular weight is 407 g/mol. The number of carbonyl (C=O) groups is 1. The maximum atomic E-state index is 13.1. The van der Waals surface area contributed by atoms with Crippen molar-refractivity contribution in [2.24, 2.45) is 0 Å². The van der Waals surface area contributed by atoms with E-state index in [-0.39, 0.29) is 18.1 Å². The van der Waals surface area contributed by atoms with Crippen molar-refractivity contribution in [3.63, 3.8) is 0 Å². The third kappa shape index (κ3) is 4.29. The first-order valence-corrected chi connectivity index (χ1v) is 9.84. The number of benzene rings is 2. The van der Waals surface area contributed by atoms with Gasteiger partial charge in [-0.25, -0.2) is 9.18 Å². The van der Waals surface area contributed by atoms with Crippen molar-refractivity contribution in [3.05, 3.63) is 64.4 Å². The fourth-order valence-corrected chi connectivity index (χ4v) is 3.55. The van der Waals surface area contributed by atoms with Gasteiger partial charge in [0.25, 0.3) is 0 Å². The zero-order valence-electron chi connectivity index (χ0n) is 16.7. The third-order valence-electron chi connectivity index (χ3n) is 5.30. The number of halogens is 1. The normalized spacial score (nSPS) is 14.5. The van der Waals surface area contributed by atoms with Gasteiger partial charge in [0.1, 0.15) is 5.82 Å². The van der Waals surface area contributed by atoms with Crippen LogP contribution in [-0.2, 0) is 6.54 Å². The van der Waals surface area contributed by atoms with E-state index in [9.17, 15) is 14.0 Å². The van der Waals surface area contributed by atoms with Gasteiger partial charge in [-0.3, -0.25) is 14.3 Å². The van der Waals surface area contributed by atoms with Crippen LogP contribution in [0.2, 0.25) is 0 Å². The number of aromatic nitrogens is 1. The van der Waals surface area contributed by atoms with E-state index in [1.54, 1.807) is 30.3 Å². The Kier molecular flexibility index (Phi) is 5.68. The van der Waals surface area contributed by atoms with Gasteiger partial charge >= 0.3 is 5.76 Å². The molecule has 0 aliphatic carbocycles. The van der Waals surface area contributed by atoms with Crippen LogP contribution in [0.3, 0.4) is 0 Å². The molecule has 6 nitrogen and oxygen atoms in total. The summed E-state index contributed by atoms with van der Waals surface area (Å²) in [6.45, 7) is 5.79. The number of Topliss-reactive ketones (excluding diaryl/α,β-unsaturated/α-hetero) is 1. The lowest BCUT2D eigenvalue weighted by atomic mass is 10.1. The maximum Gasteiger partial charge on any atom is 0.420 e. The van der Waals surface area contributed by atoms with Gasteiger partial charge in [0.15, 0.2) is 11.4 Å². The SMILES string of the molecule is CC(=O)c1ccc2c(c1)oc(=O)n2CC#CCN1CCN(c2ccc(F)cc2)CC1. The van der Waals surface area contributed by atoms with Gasteiger partial charge in [-0.1, -0.05) is 11.8 Å². The number of hydrogen-bond acceptors (Lipinski definition) is 5. The molecule has 3 aromatic rings. The summed E-state index contributed by atoms with van der Waals surface area (Å²) in [6.07, 6.45) is 0. The first kappa shape index (κ1) is 19.9. The van der Waals surface area contributed by atoms with Crippen LogP contribution in [0, 0.1) is 17.7 Å². The number of ketones is 1. The molecule has 1 aliphatic heterocycles. The molecule has 1 fully saturated rings. The minimum absolute atomic E-state index is 0.0772. The molecule has 0 radical (unpaired) electrons. The van der Waals surface area contributed by atoms with Gasteiger partial charge in [0.2, 0.25) is 0 Å². The van der Waals surface area contributed by atoms with E-state index in [1.807, 2.05) is 0 Å². The van der Waals surface area contributed by atoms with Gasteiger partial charge in [-0.05, 0) is 49.4 Å². The molecule has 0 unspecified atom stereocenters. The van der Waals surface area contributed by atoms with Crippen molar-refractivity contribution < 1.29 is 13.6 Å². The second-order valence-electron chi connectivity index (χ2n) is 7.29.